The van der Waals surface area contributed by atoms with E-state index in [1.807, 2.05) is 18.2 Å². The van der Waals surface area contributed by atoms with Crippen LogP contribution in [-0.2, 0) is 0 Å². The van der Waals surface area contributed by atoms with Crippen LogP contribution in [0.3, 0.4) is 0 Å². The van der Waals surface area contributed by atoms with E-state index in [4.69, 9.17) is 15.9 Å². The van der Waals surface area contributed by atoms with Gasteiger partial charge in [-0.05, 0) is 23.6 Å². The average molecular weight is 286 g/mol. The minimum atomic E-state index is 0.282. The van der Waals surface area contributed by atoms with E-state index in [1.165, 1.54) is 0 Å². The van der Waals surface area contributed by atoms with Crippen LogP contribution in [-0.4, -0.2) is 29.8 Å². The predicted molar refractivity (Wildman–Crippen MR) is 82.5 cm³/mol. The van der Waals surface area contributed by atoms with Gasteiger partial charge in [-0.25, -0.2) is 4.98 Å². The van der Waals surface area contributed by atoms with Crippen LogP contribution in [0.15, 0.2) is 24.4 Å². The molecule has 1 N–H and O–H groups in total. The zero-order valence-corrected chi connectivity index (χ0v) is 11.7. The van der Waals surface area contributed by atoms with Crippen molar-refractivity contribution in [1.82, 2.24) is 4.98 Å². The lowest BCUT2D eigenvalue weighted by molar-refractivity contribution is 0.174. The molecule has 0 fully saturated rings. The molecule has 2 aromatic rings. The third kappa shape index (κ3) is 2.61. The van der Waals surface area contributed by atoms with Gasteiger partial charge in [0.15, 0.2) is 11.5 Å². The van der Waals surface area contributed by atoms with E-state index in [9.17, 15) is 0 Å². The first-order valence-electron chi connectivity index (χ1n) is 6.32. The highest BCUT2D eigenvalue weighted by Crippen LogP contribution is 2.37. The molecule has 1 aliphatic heterocycles. The van der Waals surface area contributed by atoms with E-state index in [-0.39, 0.29) is 6.79 Å². The van der Waals surface area contributed by atoms with E-state index in [1.54, 1.807) is 18.0 Å². The van der Waals surface area contributed by atoms with Gasteiger partial charge in [-0.1, -0.05) is 5.92 Å². The fourth-order valence-corrected chi connectivity index (χ4v) is 2.58. The van der Waals surface area contributed by atoms with Gasteiger partial charge in [0.25, 0.3) is 0 Å². The number of nitrogens with zero attached hydrogens (tertiary/aromatic N) is 1. The minimum absolute atomic E-state index is 0.282. The summed E-state index contributed by atoms with van der Waals surface area (Å²) in [5, 5.41) is 5.47. The first kappa shape index (κ1) is 12.9. The first-order chi connectivity index (χ1) is 9.88. The van der Waals surface area contributed by atoms with E-state index in [2.05, 4.69) is 16.2 Å². The molecule has 20 heavy (non-hydrogen) atoms. The minimum Gasteiger partial charge on any atom is -0.454 e. The molecule has 0 spiro atoms. The molecule has 0 bridgehead atoms. The Morgan fingerprint density at radius 3 is 3.05 bits per heavy atom. The molecule has 5 heteroatoms. The summed E-state index contributed by atoms with van der Waals surface area (Å²) < 4.78 is 10.8. The van der Waals surface area contributed by atoms with Crippen LogP contribution in [0.4, 0.5) is 5.82 Å². The number of rotatable bonds is 5. The van der Waals surface area contributed by atoms with Crippen molar-refractivity contribution < 1.29 is 9.47 Å². The quantitative estimate of drug-likeness (QED) is 0.676. The Bertz CT molecular complexity index is 667. The van der Waals surface area contributed by atoms with Gasteiger partial charge in [0.1, 0.15) is 5.82 Å². The number of thioether (sulfide) groups is 1. The number of fused-ring (bicyclic) bond motifs is 2. The average Bonchev–Trinajstić information content (AvgIpc) is 2.92. The number of benzene rings is 1. The fraction of sp³-hybridized carbons (Fsp3) is 0.267. The number of nitrogens with one attached hydrogen (secondary N) is 1. The number of anilines is 1. The lowest BCUT2D eigenvalue weighted by Crippen LogP contribution is -2.06. The van der Waals surface area contributed by atoms with E-state index < -0.39 is 0 Å². The van der Waals surface area contributed by atoms with Gasteiger partial charge >= 0.3 is 0 Å². The van der Waals surface area contributed by atoms with E-state index in [0.717, 1.165) is 46.1 Å². The molecule has 0 atom stereocenters. The molecular formula is C15H14N2O2S. The van der Waals surface area contributed by atoms with Gasteiger partial charge in [-0.3, -0.25) is 0 Å². The van der Waals surface area contributed by atoms with Crippen molar-refractivity contribution in [2.45, 2.75) is 0 Å². The van der Waals surface area contributed by atoms with Crippen LogP contribution in [0.2, 0.25) is 0 Å². The van der Waals surface area contributed by atoms with Crippen molar-refractivity contribution >= 4 is 28.4 Å². The molecule has 2 heterocycles. The summed E-state index contributed by atoms with van der Waals surface area (Å²) in [5.41, 5.74) is 0. The van der Waals surface area contributed by atoms with Crippen molar-refractivity contribution in [2.24, 2.45) is 0 Å². The molecule has 0 saturated carbocycles. The van der Waals surface area contributed by atoms with Gasteiger partial charge in [0, 0.05) is 23.9 Å². The zero-order valence-electron chi connectivity index (χ0n) is 10.9. The smallest absolute Gasteiger partial charge is 0.231 e. The molecule has 4 nitrogen and oxygen atoms in total. The summed E-state index contributed by atoms with van der Waals surface area (Å²) in [7, 11) is 0. The summed E-state index contributed by atoms with van der Waals surface area (Å²) >= 11 is 1.73. The molecular weight excluding hydrogens is 272 g/mol. The molecule has 0 saturated heterocycles. The second-order valence-corrected chi connectivity index (χ2v) is 5.37. The molecule has 0 amide bonds. The highest BCUT2D eigenvalue weighted by atomic mass is 32.2. The highest BCUT2D eigenvalue weighted by Gasteiger charge is 2.15. The molecule has 0 unspecified atom stereocenters. The van der Waals surface area contributed by atoms with Gasteiger partial charge in [0.05, 0.1) is 5.75 Å². The Morgan fingerprint density at radius 2 is 2.20 bits per heavy atom. The molecule has 102 valence electrons. The van der Waals surface area contributed by atoms with Crippen molar-refractivity contribution in [2.75, 3.05) is 30.2 Å². The first-order valence-corrected chi connectivity index (χ1v) is 7.47. The molecule has 1 aromatic heterocycles. The predicted octanol–water partition coefficient (Wildman–Crippen LogP) is 2.74. The van der Waals surface area contributed by atoms with Gasteiger partial charge in [-0.2, -0.15) is 0 Å². The number of ether oxygens (including phenoxy) is 2. The van der Waals surface area contributed by atoms with Crippen LogP contribution < -0.4 is 14.8 Å². The molecule has 3 rings (SSSR count). The summed E-state index contributed by atoms with van der Waals surface area (Å²) in [6.07, 6.45) is 7.01. The lowest BCUT2D eigenvalue weighted by Gasteiger charge is -2.09. The second kappa shape index (κ2) is 5.93. The number of hydrogen-bond donors (Lipinski definition) is 1. The Balaban J connectivity index is 1.79. The Hall–Kier alpha value is -2.06. The van der Waals surface area contributed by atoms with Crippen molar-refractivity contribution in [1.29, 1.82) is 0 Å². The van der Waals surface area contributed by atoms with Gasteiger partial charge in [0.2, 0.25) is 6.79 Å². The standard InChI is InChI=1S/C15H14N2O2S/c1-2-6-20-7-5-17-15-12-9-14-13(18-10-19-14)8-11(12)3-4-16-15/h1,3-4,8-9H,5-7,10H2,(H,16,17). The Kier molecular flexibility index (Phi) is 3.84. The molecule has 0 radical (unpaired) electrons. The molecule has 1 aliphatic rings. The van der Waals surface area contributed by atoms with E-state index >= 15 is 0 Å². The van der Waals surface area contributed by atoms with Crippen LogP contribution in [0, 0.1) is 12.3 Å². The summed E-state index contributed by atoms with van der Waals surface area (Å²) in [5.74, 6) is 6.73. The maximum atomic E-state index is 5.42. The zero-order chi connectivity index (χ0) is 13.8. The second-order valence-electron chi connectivity index (χ2n) is 4.27. The number of terminal acetylenes is 1. The highest BCUT2D eigenvalue weighted by molar-refractivity contribution is 7.99. The van der Waals surface area contributed by atoms with Crippen LogP contribution in [0.5, 0.6) is 11.5 Å². The fourth-order valence-electron chi connectivity index (χ4n) is 2.08. The summed E-state index contributed by atoms with van der Waals surface area (Å²) in [6, 6.07) is 5.93. The van der Waals surface area contributed by atoms with Crippen molar-refractivity contribution in [3.8, 4) is 23.8 Å². The maximum absolute atomic E-state index is 5.42. The summed E-state index contributed by atoms with van der Waals surface area (Å²) in [4.78, 5) is 4.39. The van der Waals surface area contributed by atoms with Crippen molar-refractivity contribution in [3.05, 3.63) is 24.4 Å². The topological polar surface area (TPSA) is 43.4 Å². The normalized spacial score (nSPS) is 12.3. The van der Waals surface area contributed by atoms with Gasteiger partial charge in [-0.15, -0.1) is 18.2 Å². The molecule has 0 aliphatic carbocycles. The third-order valence-corrected chi connectivity index (χ3v) is 3.85. The Morgan fingerprint density at radius 1 is 1.35 bits per heavy atom. The monoisotopic (exact) mass is 286 g/mol. The number of hydrogen-bond acceptors (Lipinski definition) is 5. The largest absolute Gasteiger partial charge is 0.454 e. The summed E-state index contributed by atoms with van der Waals surface area (Å²) in [6.45, 7) is 1.11. The lowest BCUT2D eigenvalue weighted by atomic mass is 10.1. The van der Waals surface area contributed by atoms with E-state index in [0.29, 0.717) is 0 Å². The van der Waals surface area contributed by atoms with Crippen molar-refractivity contribution in [3.63, 3.8) is 0 Å². The molecule has 1 aromatic carbocycles. The van der Waals surface area contributed by atoms with Crippen LogP contribution in [0.1, 0.15) is 0 Å². The van der Waals surface area contributed by atoms with Gasteiger partial charge < -0.3 is 14.8 Å². The Labute approximate surface area is 121 Å². The third-order valence-electron chi connectivity index (χ3n) is 2.98. The maximum Gasteiger partial charge on any atom is 0.231 e. The SMILES string of the molecule is C#CCSCCNc1nccc2cc3c(cc12)OCO3. The number of aromatic nitrogens is 1. The number of pyridine rings is 1. The van der Waals surface area contributed by atoms with Crippen LogP contribution in [0.25, 0.3) is 10.8 Å². The van der Waals surface area contributed by atoms with Crippen LogP contribution >= 0.6 is 11.8 Å².